The summed E-state index contributed by atoms with van der Waals surface area (Å²) in [5.41, 5.74) is 0.350. The van der Waals surface area contributed by atoms with E-state index in [2.05, 4.69) is 5.32 Å². The molecule has 5 nitrogen and oxygen atoms in total. The molecular weight excluding hydrogens is 332 g/mol. The monoisotopic (exact) mass is 349 g/mol. The van der Waals surface area contributed by atoms with Gasteiger partial charge < -0.3 is 19.5 Å². The van der Waals surface area contributed by atoms with Crippen LogP contribution in [0.15, 0.2) is 42.6 Å². The molecule has 0 spiro atoms. The van der Waals surface area contributed by atoms with E-state index in [4.69, 9.17) is 14.2 Å². The maximum atomic E-state index is 13.5. The first-order valence-corrected chi connectivity index (χ1v) is 7.22. The summed E-state index contributed by atoms with van der Waals surface area (Å²) in [6.45, 7) is 0. The van der Waals surface area contributed by atoms with E-state index >= 15 is 0 Å². The van der Waals surface area contributed by atoms with E-state index in [1.54, 1.807) is 0 Å². The maximum absolute atomic E-state index is 13.5. The average molecular weight is 349 g/mol. The van der Waals surface area contributed by atoms with Crippen molar-refractivity contribution in [3.05, 3.63) is 59.8 Å². The van der Waals surface area contributed by atoms with Crippen LogP contribution in [0.5, 0.6) is 17.2 Å². The zero-order chi connectivity index (χ0) is 18.4. The Morgan fingerprint density at radius 2 is 1.64 bits per heavy atom. The molecule has 0 aromatic heterocycles. The number of carbonyl (C=O) groups is 1. The lowest BCUT2D eigenvalue weighted by Gasteiger charge is -2.13. The van der Waals surface area contributed by atoms with Gasteiger partial charge in [0.05, 0.1) is 27.0 Å². The summed E-state index contributed by atoms with van der Waals surface area (Å²) in [5, 5.41) is 2.59. The maximum Gasteiger partial charge on any atom is 0.203 e. The molecule has 0 bridgehead atoms. The van der Waals surface area contributed by atoms with Crippen molar-refractivity contribution in [3.63, 3.8) is 0 Å². The predicted octanol–water partition coefficient (Wildman–Crippen LogP) is 3.80. The van der Waals surface area contributed by atoms with Crippen LogP contribution in [0.4, 0.5) is 14.5 Å². The lowest BCUT2D eigenvalue weighted by molar-refractivity contribution is 0.104. The number of methoxy groups -OCH3 is 3. The molecule has 7 heteroatoms. The van der Waals surface area contributed by atoms with Crippen LogP contribution >= 0.6 is 0 Å². The van der Waals surface area contributed by atoms with Crippen molar-refractivity contribution in [2.75, 3.05) is 26.6 Å². The minimum Gasteiger partial charge on any atom is -0.493 e. The Morgan fingerprint density at radius 3 is 2.16 bits per heavy atom. The fourth-order valence-corrected chi connectivity index (χ4v) is 2.13. The highest BCUT2D eigenvalue weighted by Gasteiger charge is 2.15. The highest BCUT2D eigenvalue weighted by molar-refractivity contribution is 6.05. The average Bonchev–Trinajstić information content (AvgIpc) is 2.61. The quantitative estimate of drug-likeness (QED) is 0.609. The van der Waals surface area contributed by atoms with Crippen molar-refractivity contribution >= 4 is 11.5 Å². The molecule has 0 aliphatic heterocycles. The third-order valence-electron chi connectivity index (χ3n) is 3.35. The third kappa shape index (κ3) is 4.26. The Bertz CT molecular complexity index is 781. The van der Waals surface area contributed by atoms with Crippen molar-refractivity contribution in [1.29, 1.82) is 0 Å². The second-order valence-corrected chi connectivity index (χ2v) is 4.88. The zero-order valence-electron chi connectivity index (χ0n) is 13.9. The summed E-state index contributed by atoms with van der Waals surface area (Å²) in [4.78, 5) is 12.3. The first-order chi connectivity index (χ1) is 12.0. The van der Waals surface area contributed by atoms with Crippen LogP contribution in [-0.2, 0) is 0 Å². The molecule has 25 heavy (non-hydrogen) atoms. The summed E-state index contributed by atoms with van der Waals surface area (Å²) in [6, 6.07) is 6.11. The summed E-state index contributed by atoms with van der Waals surface area (Å²) >= 11 is 0. The minimum absolute atomic E-state index is 0.0512. The van der Waals surface area contributed by atoms with Gasteiger partial charge in [-0.25, -0.2) is 8.78 Å². The molecule has 0 atom stereocenters. The summed E-state index contributed by atoms with van der Waals surface area (Å²) in [5.74, 6) is -0.746. The smallest absolute Gasteiger partial charge is 0.203 e. The van der Waals surface area contributed by atoms with E-state index in [-0.39, 0.29) is 11.5 Å². The van der Waals surface area contributed by atoms with Gasteiger partial charge in [-0.05, 0) is 24.3 Å². The Balaban J connectivity index is 2.20. The first-order valence-electron chi connectivity index (χ1n) is 7.22. The number of ketones is 1. The lowest BCUT2D eigenvalue weighted by Crippen LogP contribution is -2.01. The molecule has 0 fully saturated rings. The molecule has 1 N–H and O–H groups in total. The van der Waals surface area contributed by atoms with Crippen LogP contribution in [-0.4, -0.2) is 27.1 Å². The molecule has 2 aromatic carbocycles. The fraction of sp³-hybridized carbons (Fsp3) is 0.167. The van der Waals surface area contributed by atoms with Gasteiger partial charge in [0.15, 0.2) is 17.3 Å². The number of nitrogens with one attached hydrogen (secondary N) is 1. The second-order valence-electron chi connectivity index (χ2n) is 4.88. The molecule has 0 aliphatic carbocycles. The first kappa shape index (κ1) is 18.3. The van der Waals surface area contributed by atoms with Gasteiger partial charge >= 0.3 is 0 Å². The van der Waals surface area contributed by atoms with Gasteiger partial charge in [0.1, 0.15) is 11.6 Å². The SMILES string of the molecule is COc1cc(C(=O)/C=C/Nc2ccc(F)cc2F)cc(OC)c1OC. The zero-order valence-corrected chi connectivity index (χ0v) is 13.9. The highest BCUT2D eigenvalue weighted by Crippen LogP contribution is 2.38. The number of anilines is 1. The van der Waals surface area contributed by atoms with E-state index in [1.807, 2.05) is 0 Å². The van der Waals surface area contributed by atoms with Gasteiger partial charge in [0.2, 0.25) is 5.75 Å². The standard InChI is InChI=1S/C18H17F2NO4/c1-23-16-8-11(9-17(24-2)18(16)25-3)15(22)6-7-21-14-5-4-12(19)10-13(14)20/h4-10,21H,1-3H3/b7-6+. The molecule has 0 saturated carbocycles. The number of allylic oxidation sites excluding steroid dienone is 1. The molecule has 0 amide bonds. The van der Waals surface area contributed by atoms with Gasteiger partial charge in [0, 0.05) is 23.9 Å². The molecule has 2 rings (SSSR count). The van der Waals surface area contributed by atoms with Gasteiger partial charge in [-0.15, -0.1) is 0 Å². The highest BCUT2D eigenvalue weighted by atomic mass is 19.1. The molecule has 132 valence electrons. The number of halogens is 2. The molecule has 0 heterocycles. The van der Waals surface area contributed by atoms with Crippen molar-refractivity contribution in [3.8, 4) is 17.2 Å². The van der Waals surface area contributed by atoms with Crippen molar-refractivity contribution in [2.24, 2.45) is 0 Å². The summed E-state index contributed by atoms with van der Waals surface area (Å²) in [6.07, 6.45) is 2.48. The van der Waals surface area contributed by atoms with Gasteiger partial charge in [-0.3, -0.25) is 4.79 Å². The molecule has 0 aliphatic rings. The Labute approximate surface area is 143 Å². The van der Waals surface area contributed by atoms with Crippen molar-refractivity contribution in [2.45, 2.75) is 0 Å². The minimum atomic E-state index is -0.759. The van der Waals surface area contributed by atoms with Gasteiger partial charge in [-0.1, -0.05) is 0 Å². The lowest BCUT2D eigenvalue weighted by atomic mass is 10.1. The molecule has 0 saturated heterocycles. The van der Waals surface area contributed by atoms with Crippen LogP contribution in [0.25, 0.3) is 0 Å². The van der Waals surface area contributed by atoms with Gasteiger partial charge in [-0.2, -0.15) is 0 Å². The largest absolute Gasteiger partial charge is 0.493 e. The number of ether oxygens (including phenoxy) is 3. The van der Waals surface area contributed by atoms with E-state index in [9.17, 15) is 13.6 Å². The van der Waals surface area contributed by atoms with Gasteiger partial charge in [0.25, 0.3) is 0 Å². The van der Waals surface area contributed by atoms with E-state index in [0.29, 0.717) is 22.8 Å². The summed E-state index contributed by atoms with van der Waals surface area (Å²) in [7, 11) is 4.35. The second kappa shape index (κ2) is 8.14. The molecule has 0 unspecified atom stereocenters. The van der Waals surface area contributed by atoms with E-state index < -0.39 is 11.6 Å². The number of rotatable bonds is 7. The Hall–Kier alpha value is -3.09. The van der Waals surface area contributed by atoms with Crippen LogP contribution in [0, 0.1) is 11.6 Å². The van der Waals surface area contributed by atoms with Crippen LogP contribution in [0.2, 0.25) is 0 Å². The number of hydrogen-bond acceptors (Lipinski definition) is 5. The topological polar surface area (TPSA) is 56.8 Å². The Kier molecular flexibility index (Phi) is 5.94. The van der Waals surface area contributed by atoms with Crippen LogP contribution in [0.1, 0.15) is 10.4 Å². The number of hydrogen-bond donors (Lipinski definition) is 1. The fourth-order valence-electron chi connectivity index (χ4n) is 2.13. The van der Waals surface area contributed by atoms with E-state index in [0.717, 1.165) is 12.1 Å². The normalized spacial score (nSPS) is 10.6. The van der Waals surface area contributed by atoms with Crippen LogP contribution in [0.3, 0.4) is 0 Å². The molecule has 2 aromatic rings. The number of benzene rings is 2. The predicted molar refractivity (Wildman–Crippen MR) is 89.5 cm³/mol. The Morgan fingerprint density at radius 1 is 1.00 bits per heavy atom. The molecule has 0 radical (unpaired) electrons. The number of carbonyl (C=O) groups excluding carboxylic acids is 1. The molecular formula is C18H17F2NO4. The summed E-state index contributed by atoms with van der Waals surface area (Å²) < 4.78 is 41.9. The van der Waals surface area contributed by atoms with Crippen molar-refractivity contribution in [1.82, 2.24) is 0 Å². The van der Waals surface area contributed by atoms with Crippen molar-refractivity contribution < 1.29 is 27.8 Å². The van der Waals surface area contributed by atoms with Crippen LogP contribution < -0.4 is 19.5 Å². The van der Waals surface area contributed by atoms with E-state index in [1.165, 1.54) is 51.8 Å². The third-order valence-corrected chi connectivity index (χ3v) is 3.35.